The summed E-state index contributed by atoms with van der Waals surface area (Å²) in [4.78, 5) is 20.6. The van der Waals surface area contributed by atoms with Crippen LogP contribution in [0.4, 0.5) is 14.7 Å². The highest BCUT2D eigenvalue weighted by molar-refractivity contribution is 5.82. The first-order valence-corrected chi connectivity index (χ1v) is 13.5. The van der Waals surface area contributed by atoms with Crippen LogP contribution in [0.2, 0.25) is 0 Å². The normalized spacial score (nSPS) is 20.8. The minimum absolute atomic E-state index is 0.116. The third kappa shape index (κ3) is 5.67. The number of hydrogen-bond donors (Lipinski definition) is 0. The molecular formula is C30H31F2N5O3. The standard InChI is InChI=1S/C30H31F2N5O3/c1-18-11-24-27(34-20(18)3)35-29(36-28(24)40-23-12-30(31,32)13-23)37-15-19(2)39-25(16-37)22-9-10-26(33-14-22)38-17-21-7-5-4-6-8-21/h4-11,14,19,23,25H,12-13,15-17H2,1-3H3/t19-,25-/m1/s1. The molecule has 0 unspecified atom stereocenters. The molecule has 0 amide bonds. The summed E-state index contributed by atoms with van der Waals surface area (Å²) in [7, 11) is 0. The van der Waals surface area contributed by atoms with Crippen LogP contribution < -0.4 is 14.4 Å². The van der Waals surface area contributed by atoms with Crippen molar-refractivity contribution in [1.29, 1.82) is 0 Å². The Bertz CT molecular complexity index is 1500. The van der Waals surface area contributed by atoms with Crippen LogP contribution in [-0.4, -0.2) is 51.2 Å². The summed E-state index contributed by atoms with van der Waals surface area (Å²) in [6.07, 6.45) is 0.145. The summed E-state index contributed by atoms with van der Waals surface area (Å²) in [6.45, 7) is 7.32. The van der Waals surface area contributed by atoms with Crippen LogP contribution in [-0.2, 0) is 11.3 Å². The van der Waals surface area contributed by atoms with Crippen LogP contribution in [0.15, 0.2) is 54.7 Å². The summed E-state index contributed by atoms with van der Waals surface area (Å²) in [5, 5.41) is 0.621. The Morgan fingerprint density at radius 3 is 2.55 bits per heavy atom. The molecule has 1 saturated carbocycles. The van der Waals surface area contributed by atoms with Crippen LogP contribution in [0.5, 0.6) is 11.8 Å². The summed E-state index contributed by atoms with van der Waals surface area (Å²) in [5.74, 6) is -1.44. The van der Waals surface area contributed by atoms with Crippen molar-refractivity contribution < 1.29 is 23.0 Å². The molecule has 2 fully saturated rings. The predicted octanol–water partition coefficient (Wildman–Crippen LogP) is 5.76. The second-order valence-electron chi connectivity index (χ2n) is 10.6. The van der Waals surface area contributed by atoms with Gasteiger partial charge in [0.15, 0.2) is 5.65 Å². The van der Waals surface area contributed by atoms with E-state index in [1.807, 2.05) is 74.2 Å². The van der Waals surface area contributed by atoms with Crippen molar-refractivity contribution in [3.8, 4) is 11.8 Å². The number of fused-ring (bicyclic) bond motifs is 1. The molecule has 8 nitrogen and oxygen atoms in total. The smallest absolute Gasteiger partial charge is 0.255 e. The van der Waals surface area contributed by atoms with Crippen molar-refractivity contribution in [2.24, 2.45) is 0 Å². The lowest BCUT2D eigenvalue weighted by atomic mass is 9.91. The van der Waals surface area contributed by atoms with Crippen LogP contribution in [0.3, 0.4) is 0 Å². The molecule has 0 N–H and O–H groups in total. The highest BCUT2D eigenvalue weighted by Crippen LogP contribution is 2.41. The fourth-order valence-corrected chi connectivity index (χ4v) is 4.98. The van der Waals surface area contributed by atoms with E-state index in [0.29, 0.717) is 42.6 Å². The van der Waals surface area contributed by atoms with E-state index >= 15 is 0 Å². The molecule has 0 radical (unpaired) electrons. The summed E-state index contributed by atoms with van der Waals surface area (Å²) >= 11 is 0. The third-order valence-electron chi connectivity index (χ3n) is 7.32. The molecule has 1 aliphatic heterocycles. The molecule has 40 heavy (non-hydrogen) atoms. The minimum atomic E-state index is -2.69. The number of ether oxygens (including phenoxy) is 3. The van der Waals surface area contributed by atoms with Gasteiger partial charge in [0.2, 0.25) is 17.7 Å². The summed E-state index contributed by atoms with van der Waals surface area (Å²) in [6, 6.07) is 15.6. The van der Waals surface area contributed by atoms with E-state index in [1.54, 1.807) is 6.20 Å². The molecule has 208 valence electrons. The number of morpholine rings is 1. The van der Waals surface area contributed by atoms with E-state index in [2.05, 4.69) is 9.97 Å². The van der Waals surface area contributed by atoms with E-state index in [1.165, 1.54) is 0 Å². The van der Waals surface area contributed by atoms with Crippen LogP contribution in [0.1, 0.15) is 48.3 Å². The van der Waals surface area contributed by atoms with Crippen LogP contribution in [0, 0.1) is 13.8 Å². The van der Waals surface area contributed by atoms with E-state index in [9.17, 15) is 8.78 Å². The number of halogens is 2. The summed E-state index contributed by atoms with van der Waals surface area (Å²) < 4.78 is 45.1. The van der Waals surface area contributed by atoms with Gasteiger partial charge in [-0.1, -0.05) is 30.3 Å². The molecule has 2 aliphatic rings. The largest absolute Gasteiger partial charge is 0.473 e. The summed E-state index contributed by atoms with van der Waals surface area (Å²) in [5.41, 5.74) is 4.25. The molecule has 2 atom stereocenters. The van der Waals surface area contributed by atoms with Crippen molar-refractivity contribution >= 4 is 17.0 Å². The number of nitrogens with zero attached hydrogens (tertiary/aromatic N) is 5. The number of hydrogen-bond acceptors (Lipinski definition) is 8. The van der Waals surface area contributed by atoms with Crippen molar-refractivity contribution in [3.05, 3.63) is 77.1 Å². The van der Waals surface area contributed by atoms with Gasteiger partial charge in [0, 0.05) is 42.9 Å². The fraction of sp³-hybridized carbons (Fsp3) is 0.400. The Morgan fingerprint density at radius 1 is 1.02 bits per heavy atom. The zero-order valence-corrected chi connectivity index (χ0v) is 22.7. The van der Waals surface area contributed by atoms with Crippen molar-refractivity contribution in [1.82, 2.24) is 19.9 Å². The number of benzene rings is 1. The van der Waals surface area contributed by atoms with Gasteiger partial charge in [-0.3, -0.25) is 0 Å². The van der Waals surface area contributed by atoms with Crippen LogP contribution >= 0.6 is 0 Å². The first kappa shape index (κ1) is 26.3. The lowest BCUT2D eigenvalue weighted by molar-refractivity contribution is -0.135. The lowest BCUT2D eigenvalue weighted by Crippen LogP contribution is -2.44. The molecule has 1 aromatic carbocycles. The van der Waals surface area contributed by atoms with Crippen molar-refractivity contribution in [2.45, 2.75) is 64.5 Å². The maximum Gasteiger partial charge on any atom is 0.255 e. The Labute approximate surface area is 231 Å². The topological polar surface area (TPSA) is 82.5 Å². The zero-order chi connectivity index (χ0) is 27.9. The van der Waals surface area contributed by atoms with Gasteiger partial charge in [-0.15, -0.1) is 0 Å². The molecule has 0 bridgehead atoms. The van der Waals surface area contributed by atoms with Gasteiger partial charge in [-0.2, -0.15) is 9.97 Å². The highest BCUT2D eigenvalue weighted by Gasteiger charge is 2.47. The molecule has 4 heterocycles. The molecule has 0 spiro atoms. The van der Waals surface area contributed by atoms with E-state index < -0.39 is 12.0 Å². The molecule has 6 rings (SSSR count). The number of alkyl halides is 2. The van der Waals surface area contributed by atoms with E-state index in [0.717, 1.165) is 22.4 Å². The Balaban J connectivity index is 1.22. The molecule has 1 aliphatic carbocycles. The maximum atomic E-state index is 13.5. The van der Waals surface area contributed by atoms with Gasteiger partial charge < -0.3 is 19.1 Å². The monoisotopic (exact) mass is 547 g/mol. The molecule has 4 aromatic rings. The third-order valence-corrected chi connectivity index (χ3v) is 7.32. The Kier molecular flexibility index (Phi) is 6.95. The number of anilines is 1. The zero-order valence-electron chi connectivity index (χ0n) is 22.7. The second-order valence-corrected chi connectivity index (χ2v) is 10.6. The van der Waals surface area contributed by atoms with Gasteiger partial charge in [0.1, 0.15) is 18.8 Å². The number of pyridine rings is 2. The predicted molar refractivity (Wildman–Crippen MR) is 146 cm³/mol. The number of aryl methyl sites for hydroxylation is 2. The molecular weight excluding hydrogens is 516 g/mol. The van der Waals surface area contributed by atoms with Crippen molar-refractivity contribution in [2.75, 3.05) is 18.0 Å². The number of aromatic nitrogens is 4. The average Bonchev–Trinajstić information content (AvgIpc) is 2.92. The molecule has 1 saturated heterocycles. The minimum Gasteiger partial charge on any atom is -0.473 e. The van der Waals surface area contributed by atoms with E-state index in [-0.39, 0.29) is 30.9 Å². The van der Waals surface area contributed by atoms with Crippen molar-refractivity contribution in [3.63, 3.8) is 0 Å². The van der Waals surface area contributed by atoms with Gasteiger partial charge >= 0.3 is 0 Å². The first-order chi connectivity index (χ1) is 19.2. The lowest BCUT2D eigenvalue weighted by Gasteiger charge is -2.37. The fourth-order valence-electron chi connectivity index (χ4n) is 4.98. The van der Waals surface area contributed by atoms with Gasteiger partial charge in [0.05, 0.1) is 18.0 Å². The van der Waals surface area contributed by atoms with Gasteiger partial charge in [-0.25, -0.2) is 18.7 Å². The van der Waals surface area contributed by atoms with E-state index in [4.69, 9.17) is 24.2 Å². The SMILES string of the molecule is Cc1cc2c(OC3CC(F)(F)C3)nc(N3C[C@@H](C)O[C@@H](c4ccc(OCc5ccccc5)nc4)C3)nc2nc1C. The average molecular weight is 548 g/mol. The van der Waals surface area contributed by atoms with Gasteiger partial charge in [0.25, 0.3) is 5.92 Å². The van der Waals surface area contributed by atoms with Gasteiger partial charge in [-0.05, 0) is 44.0 Å². The Morgan fingerprint density at radius 2 is 1.82 bits per heavy atom. The highest BCUT2D eigenvalue weighted by atomic mass is 19.3. The molecule has 3 aromatic heterocycles. The quantitative estimate of drug-likeness (QED) is 0.289. The van der Waals surface area contributed by atoms with Crippen LogP contribution in [0.25, 0.3) is 11.0 Å². The second kappa shape index (κ2) is 10.6. The molecule has 10 heteroatoms. The first-order valence-electron chi connectivity index (χ1n) is 13.5. The number of rotatable bonds is 7. The maximum absolute atomic E-state index is 13.5. The Hall–Kier alpha value is -3.92.